The maximum Gasteiger partial charge on any atom is 0.0877 e. The Kier molecular flexibility index (Phi) is 3.25. The molecule has 17 heavy (non-hydrogen) atoms. The largest absolute Gasteiger partial charge is 0.385 e. The Hall–Kier alpha value is -1.67. The lowest BCUT2D eigenvalue weighted by atomic mass is 9.88. The van der Waals surface area contributed by atoms with Crippen molar-refractivity contribution in [2.24, 2.45) is 0 Å². The highest BCUT2D eigenvalue weighted by Crippen LogP contribution is 2.31. The van der Waals surface area contributed by atoms with Crippen LogP contribution in [0.25, 0.3) is 10.8 Å². The highest BCUT2D eigenvalue weighted by atomic mass is 16.3. The fourth-order valence-electron chi connectivity index (χ4n) is 2.11. The number of aliphatic hydroxyl groups is 1. The summed E-state index contributed by atoms with van der Waals surface area (Å²) in [6, 6.07) is 7.90. The third-order valence-corrected chi connectivity index (χ3v) is 3.10. The molecule has 2 aromatic rings. The Bertz CT molecular complexity index is 526. The molecule has 0 bridgehead atoms. The zero-order chi connectivity index (χ0) is 12.3. The molecule has 1 N–H and O–H groups in total. The van der Waals surface area contributed by atoms with Crippen molar-refractivity contribution in [3.8, 4) is 0 Å². The van der Waals surface area contributed by atoms with Gasteiger partial charge in [0.05, 0.1) is 5.60 Å². The molecule has 0 fully saturated rings. The van der Waals surface area contributed by atoms with E-state index in [0.29, 0.717) is 6.42 Å². The zero-order valence-electron chi connectivity index (χ0n) is 10.1. The van der Waals surface area contributed by atoms with Gasteiger partial charge in [0.15, 0.2) is 0 Å². The van der Waals surface area contributed by atoms with Crippen LogP contribution in [0.15, 0.2) is 49.3 Å². The van der Waals surface area contributed by atoms with Crippen LogP contribution >= 0.6 is 0 Å². The summed E-state index contributed by atoms with van der Waals surface area (Å²) in [5, 5.41) is 12.7. The molecule has 0 radical (unpaired) electrons. The molecule has 0 aliphatic heterocycles. The molecule has 0 aliphatic carbocycles. The Labute approximate surface area is 102 Å². The summed E-state index contributed by atoms with van der Waals surface area (Å²) >= 11 is 0. The quantitative estimate of drug-likeness (QED) is 0.812. The van der Waals surface area contributed by atoms with Crippen LogP contribution in [-0.4, -0.2) is 10.1 Å². The summed E-state index contributed by atoms with van der Waals surface area (Å²) < 4.78 is 0. The minimum absolute atomic E-state index is 0.679. The van der Waals surface area contributed by atoms with Crippen LogP contribution in [0.4, 0.5) is 0 Å². The van der Waals surface area contributed by atoms with Crippen molar-refractivity contribution in [2.75, 3.05) is 0 Å². The lowest BCUT2D eigenvalue weighted by Crippen LogP contribution is -2.21. The third kappa shape index (κ3) is 2.37. The van der Waals surface area contributed by atoms with Gasteiger partial charge in [0.1, 0.15) is 0 Å². The number of pyridine rings is 1. The molecule has 2 rings (SSSR count). The second-order valence-electron chi connectivity index (χ2n) is 4.50. The molecule has 0 spiro atoms. The van der Waals surface area contributed by atoms with Crippen molar-refractivity contribution < 1.29 is 5.11 Å². The molecular formula is C15H17NO. The summed E-state index contributed by atoms with van der Waals surface area (Å²) in [5.74, 6) is 0. The molecule has 0 saturated carbocycles. The second kappa shape index (κ2) is 4.68. The summed E-state index contributed by atoms with van der Waals surface area (Å²) in [7, 11) is 0. The van der Waals surface area contributed by atoms with E-state index in [2.05, 4.69) is 11.6 Å². The second-order valence-corrected chi connectivity index (χ2v) is 4.50. The molecule has 0 aliphatic rings. The molecule has 1 heterocycles. The minimum atomic E-state index is -0.824. The van der Waals surface area contributed by atoms with Crippen molar-refractivity contribution in [1.82, 2.24) is 4.98 Å². The fourth-order valence-corrected chi connectivity index (χ4v) is 2.11. The van der Waals surface area contributed by atoms with Crippen LogP contribution in [0.1, 0.15) is 25.3 Å². The monoisotopic (exact) mass is 227 g/mol. The smallest absolute Gasteiger partial charge is 0.0877 e. The van der Waals surface area contributed by atoms with E-state index in [-0.39, 0.29) is 0 Å². The molecule has 88 valence electrons. The van der Waals surface area contributed by atoms with E-state index in [0.717, 1.165) is 22.8 Å². The maximum absolute atomic E-state index is 10.5. The number of fused-ring (bicyclic) bond motifs is 1. The first kappa shape index (κ1) is 11.8. The van der Waals surface area contributed by atoms with Gasteiger partial charge in [0.2, 0.25) is 0 Å². The molecule has 2 heteroatoms. The van der Waals surface area contributed by atoms with Crippen LogP contribution in [0.2, 0.25) is 0 Å². The van der Waals surface area contributed by atoms with Gasteiger partial charge in [-0.15, -0.1) is 6.58 Å². The first-order chi connectivity index (χ1) is 8.15. The number of aromatic nitrogens is 1. The van der Waals surface area contributed by atoms with Crippen LogP contribution in [-0.2, 0) is 5.60 Å². The van der Waals surface area contributed by atoms with Gasteiger partial charge >= 0.3 is 0 Å². The van der Waals surface area contributed by atoms with Gasteiger partial charge in [-0.3, -0.25) is 4.98 Å². The summed E-state index contributed by atoms with van der Waals surface area (Å²) in [5.41, 5.74) is 0.133. The topological polar surface area (TPSA) is 33.1 Å². The Morgan fingerprint density at radius 1 is 1.41 bits per heavy atom. The van der Waals surface area contributed by atoms with Gasteiger partial charge in [0, 0.05) is 17.8 Å². The Morgan fingerprint density at radius 2 is 2.24 bits per heavy atom. The molecule has 0 amide bonds. The summed E-state index contributed by atoms with van der Waals surface area (Å²) in [6.45, 7) is 5.55. The third-order valence-electron chi connectivity index (χ3n) is 3.10. The van der Waals surface area contributed by atoms with Crippen molar-refractivity contribution in [3.05, 3.63) is 54.9 Å². The molecule has 1 unspecified atom stereocenters. The van der Waals surface area contributed by atoms with Crippen LogP contribution in [0, 0.1) is 0 Å². The van der Waals surface area contributed by atoms with Crippen molar-refractivity contribution in [2.45, 2.75) is 25.4 Å². The van der Waals surface area contributed by atoms with Crippen LogP contribution in [0.5, 0.6) is 0 Å². The van der Waals surface area contributed by atoms with Gasteiger partial charge in [-0.25, -0.2) is 0 Å². The zero-order valence-corrected chi connectivity index (χ0v) is 10.1. The number of rotatable bonds is 4. The van der Waals surface area contributed by atoms with Crippen molar-refractivity contribution >= 4 is 10.8 Å². The number of allylic oxidation sites excluding steroid dienone is 1. The minimum Gasteiger partial charge on any atom is -0.385 e. The van der Waals surface area contributed by atoms with E-state index in [9.17, 15) is 5.11 Å². The fraction of sp³-hybridized carbons (Fsp3) is 0.267. The molecule has 2 nitrogen and oxygen atoms in total. The van der Waals surface area contributed by atoms with E-state index in [1.54, 1.807) is 6.20 Å². The molecule has 0 saturated heterocycles. The Morgan fingerprint density at radius 3 is 3.00 bits per heavy atom. The SMILES string of the molecule is C=CCCC(C)(O)c1cccc2cnccc12. The highest BCUT2D eigenvalue weighted by Gasteiger charge is 2.23. The lowest BCUT2D eigenvalue weighted by Gasteiger charge is -2.24. The van der Waals surface area contributed by atoms with Gasteiger partial charge in [-0.1, -0.05) is 24.3 Å². The number of hydrogen-bond donors (Lipinski definition) is 1. The average molecular weight is 227 g/mol. The van der Waals surface area contributed by atoms with Gasteiger partial charge in [-0.05, 0) is 36.8 Å². The van der Waals surface area contributed by atoms with Crippen molar-refractivity contribution in [1.29, 1.82) is 0 Å². The molecule has 1 aromatic heterocycles. The summed E-state index contributed by atoms with van der Waals surface area (Å²) in [6.07, 6.45) is 6.89. The van der Waals surface area contributed by atoms with Gasteiger partial charge in [-0.2, -0.15) is 0 Å². The molecule has 1 atom stereocenters. The van der Waals surface area contributed by atoms with E-state index in [1.807, 2.05) is 43.5 Å². The lowest BCUT2D eigenvalue weighted by molar-refractivity contribution is 0.0503. The highest BCUT2D eigenvalue weighted by molar-refractivity contribution is 5.85. The van der Waals surface area contributed by atoms with Gasteiger partial charge < -0.3 is 5.11 Å². The van der Waals surface area contributed by atoms with E-state index >= 15 is 0 Å². The molecule has 1 aromatic carbocycles. The van der Waals surface area contributed by atoms with Gasteiger partial charge in [0.25, 0.3) is 0 Å². The first-order valence-corrected chi connectivity index (χ1v) is 5.81. The normalized spacial score (nSPS) is 14.5. The van der Waals surface area contributed by atoms with E-state index in [4.69, 9.17) is 0 Å². The first-order valence-electron chi connectivity index (χ1n) is 5.81. The number of nitrogens with zero attached hydrogens (tertiary/aromatic N) is 1. The predicted molar refractivity (Wildman–Crippen MR) is 70.7 cm³/mol. The Balaban J connectivity index is 2.50. The number of hydrogen-bond acceptors (Lipinski definition) is 2. The standard InChI is InChI=1S/C15H17NO/c1-3-4-9-15(2,17)14-7-5-6-12-11-16-10-8-13(12)14/h3,5-8,10-11,17H,1,4,9H2,2H3. The van der Waals surface area contributed by atoms with Crippen LogP contribution < -0.4 is 0 Å². The van der Waals surface area contributed by atoms with Crippen LogP contribution in [0.3, 0.4) is 0 Å². The van der Waals surface area contributed by atoms with E-state index < -0.39 is 5.60 Å². The van der Waals surface area contributed by atoms with Crippen molar-refractivity contribution in [3.63, 3.8) is 0 Å². The molecular weight excluding hydrogens is 210 g/mol. The maximum atomic E-state index is 10.5. The summed E-state index contributed by atoms with van der Waals surface area (Å²) in [4.78, 5) is 4.10. The average Bonchev–Trinajstić information content (AvgIpc) is 2.36. The number of benzene rings is 1. The van der Waals surface area contributed by atoms with E-state index in [1.165, 1.54) is 0 Å². The predicted octanol–water partition coefficient (Wildman–Crippen LogP) is 3.41.